The lowest BCUT2D eigenvalue weighted by Crippen LogP contribution is -2.46. The van der Waals surface area contributed by atoms with Gasteiger partial charge in [-0.1, -0.05) is 30.3 Å². The maximum absolute atomic E-state index is 13.3. The number of aromatic nitrogens is 2. The Hall–Kier alpha value is -4.43. The quantitative estimate of drug-likeness (QED) is 0.261. The van der Waals surface area contributed by atoms with Crippen molar-refractivity contribution in [1.29, 1.82) is 0 Å². The fourth-order valence-corrected chi connectivity index (χ4v) is 5.05. The van der Waals surface area contributed by atoms with E-state index in [1.54, 1.807) is 17.9 Å². The number of pyridine rings is 1. The van der Waals surface area contributed by atoms with Crippen molar-refractivity contribution in [3.8, 4) is 11.1 Å². The first-order valence-corrected chi connectivity index (χ1v) is 13.1. The van der Waals surface area contributed by atoms with Gasteiger partial charge in [0.2, 0.25) is 0 Å². The van der Waals surface area contributed by atoms with Crippen molar-refractivity contribution in [3.63, 3.8) is 0 Å². The van der Waals surface area contributed by atoms with E-state index in [0.717, 1.165) is 48.9 Å². The largest absolute Gasteiger partial charge is 0.368 e. The van der Waals surface area contributed by atoms with Crippen LogP contribution in [0.25, 0.3) is 11.1 Å². The normalized spacial score (nSPS) is 13.4. The molecule has 1 aliphatic heterocycles. The first-order valence-electron chi connectivity index (χ1n) is 13.1. The van der Waals surface area contributed by atoms with Crippen LogP contribution in [0.3, 0.4) is 0 Å². The molecule has 0 spiro atoms. The SMILES string of the molecule is COCn1ccc(-c2ccccc2)c1C(=O)C(=O)Nc1ccc(N2CCN(c3cc(C)cc(C)n3)CC2)cc1. The van der Waals surface area contributed by atoms with E-state index in [9.17, 15) is 9.59 Å². The molecule has 2 aromatic heterocycles. The van der Waals surface area contributed by atoms with Crippen LogP contribution < -0.4 is 15.1 Å². The third-order valence-electron chi connectivity index (χ3n) is 6.92. The second-order valence-electron chi connectivity index (χ2n) is 9.78. The molecule has 2 aromatic carbocycles. The first-order chi connectivity index (χ1) is 18.9. The molecule has 1 aliphatic rings. The summed E-state index contributed by atoms with van der Waals surface area (Å²) in [7, 11) is 1.55. The number of carbonyl (C=O) groups excluding carboxylic acids is 2. The van der Waals surface area contributed by atoms with Crippen molar-refractivity contribution < 1.29 is 14.3 Å². The molecule has 1 amide bonds. The van der Waals surface area contributed by atoms with Crippen molar-refractivity contribution in [2.75, 3.05) is 48.4 Å². The third-order valence-corrected chi connectivity index (χ3v) is 6.92. The van der Waals surface area contributed by atoms with Gasteiger partial charge in [0, 0.05) is 62.1 Å². The Morgan fingerprint density at radius 3 is 2.26 bits per heavy atom. The number of nitrogens with zero attached hydrogens (tertiary/aromatic N) is 4. The molecule has 5 rings (SSSR count). The Morgan fingerprint density at radius 1 is 0.897 bits per heavy atom. The molecule has 1 saturated heterocycles. The minimum Gasteiger partial charge on any atom is -0.368 e. The molecule has 200 valence electrons. The standard InChI is InChI=1S/C31H33N5O3/c1-22-19-23(2)32-28(20-22)35-17-15-34(16-18-35)26-11-9-25(10-12-26)33-31(38)30(37)29-27(13-14-36(29)21-39-3)24-7-5-4-6-8-24/h4-14,19-20H,15-18,21H2,1-3H3,(H,33,38). The van der Waals surface area contributed by atoms with Gasteiger partial charge in [-0.05, 0) is 67.4 Å². The number of methoxy groups -OCH3 is 1. The van der Waals surface area contributed by atoms with Crippen LogP contribution in [0.1, 0.15) is 21.7 Å². The van der Waals surface area contributed by atoms with Gasteiger partial charge in [0.15, 0.2) is 0 Å². The zero-order chi connectivity index (χ0) is 27.4. The molecule has 0 aliphatic carbocycles. The number of aryl methyl sites for hydroxylation is 2. The smallest absolute Gasteiger partial charge is 0.298 e. The monoisotopic (exact) mass is 523 g/mol. The summed E-state index contributed by atoms with van der Waals surface area (Å²) in [5, 5.41) is 2.77. The summed E-state index contributed by atoms with van der Waals surface area (Å²) in [5.41, 5.74) is 5.76. The molecule has 0 bridgehead atoms. The summed E-state index contributed by atoms with van der Waals surface area (Å²) in [4.78, 5) is 35.7. The summed E-state index contributed by atoms with van der Waals surface area (Å²) in [6.07, 6.45) is 1.76. The Labute approximate surface area is 228 Å². The van der Waals surface area contributed by atoms with Crippen LogP contribution in [0.5, 0.6) is 0 Å². The number of nitrogens with one attached hydrogen (secondary N) is 1. The van der Waals surface area contributed by atoms with E-state index in [2.05, 4.69) is 34.2 Å². The van der Waals surface area contributed by atoms with Gasteiger partial charge in [-0.2, -0.15) is 0 Å². The topological polar surface area (TPSA) is 79.7 Å². The van der Waals surface area contributed by atoms with Crippen LogP contribution in [0, 0.1) is 13.8 Å². The van der Waals surface area contributed by atoms with E-state index < -0.39 is 11.7 Å². The molecule has 1 fully saturated rings. The van der Waals surface area contributed by atoms with Gasteiger partial charge in [-0.3, -0.25) is 9.59 Å². The third kappa shape index (κ3) is 5.86. The van der Waals surface area contributed by atoms with E-state index in [-0.39, 0.29) is 6.73 Å². The predicted octanol–water partition coefficient (Wildman–Crippen LogP) is 4.92. The van der Waals surface area contributed by atoms with Crippen molar-refractivity contribution in [3.05, 3.63) is 95.9 Å². The molecular formula is C31H33N5O3. The number of ether oxygens (including phenoxy) is 1. The Morgan fingerprint density at radius 2 is 1.59 bits per heavy atom. The van der Waals surface area contributed by atoms with Gasteiger partial charge >= 0.3 is 0 Å². The highest BCUT2D eigenvalue weighted by Gasteiger charge is 2.25. The van der Waals surface area contributed by atoms with Crippen LogP contribution >= 0.6 is 0 Å². The van der Waals surface area contributed by atoms with Crippen LogP contribution in [0.15, 0.2) is 79.0 Å². The number of amides is 1. The average Bonchev–Trinajstić information content (AvgIpc) is 3.37. The van der Waals surface area contributed by atoms with Gasteiger partial charge in [-0.25, -0.2) is 4.98 Å². The highest BCUT2D eigenvalue weighted by molar-refractivity contribution is 6.47. The molecule has 3 heterocycles. The lowest BCUT2D eigenvalue weighted by Gasteiger charge is -2.37. The summed E-state index contributed by atoms with van der Waals surface area (Å²) in [6, 6.07) is 23.2. The molecule has 39 heavy (non-hydrogen) atoms. The van der Waals surface area contributed by atoms with Crippen LogP contribution in [0.2, 0.25) is 0 Å². The maximum Gasteiger partial charge on any atom is 0.298 e. The van der Waals surface area contributed by atoms with E-state index in [4.69, 9.17) is 9.72 Å². The Kier molecular flexibility index (Phi) is 7.74. The summed E-state index contributed by atoms with van der Waals surface area (Å²) in [5.74, 6) is -0.274. The molecular weight excluding hydrogens is 490 g/mol. The minimum absolute atomic E-state index is 0.169. The van der Waals surface area contributed by atoms with Crippen LogP contribution in [-0.2, 0) is 16.3 Å². The van der Waals surface area contributed by atoms with E-state index in [1.807, 2.05) is 67.6 Å². The van der Waals surface area contributed by atoms with Crippen LogP contribution in [0.4, 0.5) is 17.2 Å². The fraction of sp³-hybridized carbons (Fsp3) is 0.258. The van der Waals surface area contributed by atoms with Crippen molar-refractivity contribution in [2.45, 2.75) is 20.6 Å². The summed E-state index contributed by atoms with van der Waals surface area (Å²) < 4.78 is 6.90. The zero-order valence-electron chi connectivity index (χ0n) is 22.6. The van der Waals surface area contributed by atoms with Gasteiger partial charge in [0.1, 0.15) is 18.2 Å². The second kappa shape index (κ2) is 11.5. The van der Waals surface area contributed by atoms with Gasteiger partial charge in [-0.15, -0.1) is 0 Å². The molecule has 0 saturated carbocycles. The number of ketones is 1. The number of carbonyl (C=O) groups is 2. The van der Waals surface area contributed by atoms with E-state index in [0.29, 0.717) is 16.9 Å². The lowest BCUT2D eigenvalue weighted by molar-refractivity contribution is -0.112. The number of anilines is 3. The van der Waals surface area contributed by atoms with Crippen LogP contribution in [-0.4, -0.2) is 54.5 Å². The van der Waals surface area contributed by atoms with Crippen molar-refractivity contribution in [2.24, 2.45) is 0 Å². The molecule has 4 aromatic rings. The van der Waals surface area contributed by atoms with Crippen molar-refractivity contribution >= 4 is 28.9 Å². The van der Waals surface area contributed by atoms with E-state index >= 15 is 0 Å². The van der Waals surface area contributed by atoms with Crippen molar-refractivity contribution in [1.82, 2.24) is 9.55 Å². The van der Waals surface area contributed by atoms with Gasteiger partial charge in [0.05, 0.1) is 0 Å². The van der Waals surface area contributed by atoms with E-state index in [1.165, 1.54) is 5.56 Å². The Balaban J connectivity index is 1.24. The molecule has 8 heteroatoms. The number of rotatable bonds is 8. The minimum atomic E-state index is -0.689. The molecule has 0 atom stereocenters. The van der Waals surface area contributed by atoms with Gasteiger partial charge in [0.25, 0.3) is 11.7 Å². The predicted molar refractivity (Wildman–Crippen MR) is 154 cm³/mol. The first kappa shape index (κ1) is 26.2. The number of hydrogen-bond acceptors (Lipinski definition) is 6. The Bertz CT molecular complexity index is 1440. The number of Topliss-reactive ketones (excluding diaryl/α,β-unsaturated/α-hetero) is 1. The molecule has 0 radical (unpaired) electrons. The summed E-state index contributed by atoms with van der Waals surface area (Å²) >= 11 is 0. The molecule has 8 nitrogen and oxygen atoms in total. The van der Waals surface area contributed by atoms with Gasteiger partial charge < -0.3 is 24.4 Å². The molecule has 1 N–H and O–H groups in total. The summed E-state index contributed by atoms with van der Waals surface area (Å²) in [6.45, 7) is 7.81. The maximum atomic E-state index is 13.3. The highest BCUT2D eigenvalue weighted by Crippen LogP contribution is 2.27. The number of piperazine rings is 1. The molecule has 0 unspecified atom stereocenters. The highest BCUT2D eigenvalue weighted by atomic mass is 16.5. The second-order valence-corrected chi connectivity index (χ2v) is 9.78. The fourth-order valence-electron chi connectivity index (χ4n) is 5.05. The zero-order valence-corrected chi connectivity index (χ0v) is 22.6. The number of benzene rings is 2. The number of hydrogen-bond donors (Lipinski definition) is 1. The lowest BCUT2D eigenvalue weighted by atomic mass is 10.0. The average molecular weight is 524 g/mol.